The number of hydrogen-bond donors (Lipinski definition) is 1. The van der Waals surface area contributed by atoms with Crippen molar-refractivity contribution in [1.82, 2.24) is 5.32 Å². The number of rotatable bonds is 2. The molecule has 0 aromatic heterocycles. The van der Waals surface area contributed by atoms with Crippen LogP contribution in [0.4, 0.5) is 10.1 Å². The highest BCUT2D eigenvalue weighted by atomic mass is 32.2. The smallest absolute Gasteiger partial charge is 0.155 e. The fraction of sp³-hybridized carbons (Fsp3) is 0.455. The van der Waals surface area contributed by atoms with E-state index in [2.05, 4.69) is 5.32 Å². The van der Waals surface area contributed by atoms with E-state index in [1.165, 1.54) is 6.07 Å². The predicted octanol–water partition coefficient (Wildman–Crippen LogP) is 0.973. The molecule has 1 atom stereocenters. The summed E-state index contributed by atoms with van der Waals surface area (Å²) in [6, 6.07) is 4.82. The zero-order valence-electron chi connectivity index (χ0n) is 9.20. The Morgan fingerprint density at radius 2 is 2.06 bits per heavy atom. The van der Waals surface area contributed by atoms with Gasteiger partial charge in [-0.1, -0.05) is 0 Å². The summed E-state index contributed by atoms with van der Waals surface area (Å²) in [5.41, 5.74) is 0.607. The molecule has 1 aliphatic rings. The van der Waals surface area contributed by atoms with Gasteiger partial charge in [0.25, 0.3) is 0 Å². The molecule has 0 amide bonds. The molecule has 1 aromatic carbocycles. The minimum atomic E-state index is -1.12. The van der Waals surface area contributed by atoms with Crippen molar-refractivity contribution in [3.63, 3.8) is 0 Å². The van der Waals surface area contributed by atoms with Crippen LogP contribution in [0.3, 0.4) is 0 Å². The molecule has 1 fully saturated rings. The molecule has 0 bridgehead atoms. The fourth-order valence-electron chi connectivity index (χ4n) is 1.83. The van der Waals surface area contributed by atoms with Gasteiger partial charge < -0.3 is 14.8 Å². The number of nitrogens with one attached hydrogen (secondary N) is 1. The van der Waals surface area contributed by atoms with E-state index < -0.39 is 11.2 Å². The molecule has 5 heteroatoms. The van der Waals surface area contributed by atoms with E-state index in [0.717, 1.165) is 26.2 Å². The Balaban J connectivity index is 2.21. The summed E-state index contributed by atoms with van der Waals surface area (Å²) in [5.74, 6) is -0.283. The Bertz CT molecular complexity index is 367. The lowest BCUT2D eigenvalue weighted by Crippen LogP contribution is -2.43. The van der Waals surface area contributed by atoms with Crippen LogP contribution in [0.2, 0.25) is 0 Å². The molecule has 0 aliphatic carbocycles. The van der Waals surface area contributed by atoms with Crippen LogP contribution in [0.5, 0.6) is 0 Å². The topological polar surface area (TPSA) is 38.3 Å². The van der Waals surface area contributed by atoms with Gasteiger partial charge in [0.15, 0.2) is 10.7 Å². The van der Waals surface area contributed by atoms with Crippen LogP contribution in [0.25, 0.3) is 0 Å². The number of piperazine rings is 1. The van der Waals surface area contributed by atoms with Gasteiger partial charge in [-0.05, 0) is 23.3 Å². The van der Waals surface area contributed by atoms with Crippen molar-refractivity contribution in [1.29, 1.82) is 0 Å². The maximum absolute atomic E-state index is 13.8. The molecule has 0 saturated carbocycles. The molecule has 1 heterocycles. The minimum Gasteiger partial charge on any atom is -0.612 e. The standard InChI is InChI=1S/C11H15FN2OS/c1-16(15)9-2-3-11(10(12)8-9)14-6-4-13-5-7-14/h2-3,8,13H,4-7H2,1H3/t16-/m1/s1. The molecule has 0 unspecified atom stereocenters. The van der Waals surface area contributed by atoms with E-state index in [1.54, 1.807) is 18.4 Å². The number of benzene rings is 1. The van der Waals surface area contributed by atoms with Gasteiger partial charge in [-0.3, -0.25) is 0 Å². The van der Waals surface area contributed by atoms with Crippen LogP contribution in [-0.2, 0) is 11.2 Å². The Labute approximate surface area is 97.8 Å². The maximum Gasteiger partial charge on any atom is 0.155 e. The Morgan fingerprint density at radius 3 is 2.62 bits per heavy atom. The van der Waals surface area contributed by atoms with Gasteiger partial charge in [0.2, 0.25) is 0 Å². The second-order valence-electron chi connectivity index (χ2n) is 3.80. The molecule has 88 valence electrons. The van der Waals surface area contributed by atoms with Crippen LogP contribution in [0.15, 0.2) is 23.1 Å². The Morgan fingerprint density at radius 1 is 1.38 bits per heavy atom. The molecule has 0 spiro atoms. The zero-order chi connectivity index (χ0) is 11.5. The summed E-state index contributed by atoms with van der Waals surface area (Å²) < 4.78 is 25.0. The van der Waals surface area contributed by atoms with Gasteiger partial charge in [-0.25, -0.2) is 4.39 Å². The van der Waals surface area contributed by atoms with Gasteiger partial charge in [-0.2, -0.15) is 0 Å². The van der Waals surface area contributed by atoms with Gasteiger partial charge in [0, 0.05) is 32.2 Å². The van der Waals surface area contributed by atoms with Crippen LogP contribution in [0, 0.1) is 5.82 Å². The first-order chi connectivity index (χ1) is 7.68. The minimum absolute atomic E-state index is 0.283. The third-order valence-electron chi connectivity index (χ3n) is 2.71. The average molecular weight is 242 g/mol. The number of nitrogens with zero attached hydrogens (tertiary/aromatic N) is 1. The van der Waals surface area contributed by atoms with Crippen molar-refractivity contribution in [3.8, 4) is 0 Å². The van der Waals surface area contributed by atoms with E-state index in [1.807, 2.05) is 4.90 Å². The maximum atomic E-state index is 13.8. The zero-order valence-corrected chi connectivity index (χ0v) is 10.0. The van der Waals surface area contributed by atoms with Crippen molar-refractivity contribution in [2.45, 2.75) is 4.90 Å². The molecule has 16 heavy (non-hydrogen) atoms. The van der Waals surface area contributed by atoms with Crippen LogP contribution < -0.4 is 10.2 Å². The number of anilines is 1. The van der Waals surface area contributed by atoms with Crippen molar-refractivity contribution in [3.05, 3.63) is 24.0 Å². The lowest BCUT2D eigenvalue weighted by Gasteiger charge is -2.29. The van der Waals surface area contributed by atoms with Crippen molar-refractivity contribution < 1.29 is 8.94 Å². The van der Waals surface area contributed by atoms with E-state index in [0.29, 0.717) is 10.6 Å². The van der Waals surface area contributed by atoms with E-state index in [4.69, 9.17) is 0 Å². The summed E-state index contributed by atoms with van der Waals surface area (Å²) in [6.45, 7) is 3.37. The van der Waals surface area contributed by atoms with Crippen molar-refractivity contribution >= 4 is 16.9 Å². The second kappa shape index (κ2) is 5.03. The third kappa shape index (κ3) is 2.48. The first kappa shape index (κ1) is 11.7. The SMILES string of the molecule is C[S@@+]([O-])c1ccc(N2CCNCC2)c(F)c1. The fourth-order valence-corrected chi connectivity index (χ4v) is 2.36. The van der Waals surface area contributed by atoms with E-state index >= 15 is 0 Å². The first-order valence-corrected chi connectivity index (χ1v) is 6.83. The van der Waals surface area contributed by atoms with Gasteiger partial charge in [0.05, 0.1) is 5.69 Å². The molecular weight excluding hydrogens is 227 g/mol. The number of halogens is 1. The first-order valence-electron chi connectivity index (χ1n) is 5.27. The summed E-state index contributed by atoms with van der Waals surface area (Å²) in [5, 5.41) is 3.22. The monoisotopic (exact) mass is 242 g/mol. The van der Waals surface area contributed by atoms with Crippen LogP contribution in [0.1, 0.15) is 0 Å². The van der Waals surface area contributed by atoms with Crippen LogP contribution >= 0.6 is 0 Å². The van der Waals surface area contributed by atoms with Gasteiger partial charge in [-0.15, -0.1) is 0 Å². The van der Waals surface area contributed by atoms with Gasteiger partial charge >= 0.3 is 0 Å². The highest BCUT2D eigenvalue weighted by Crippen LogP contribution is 2.22. The quantitative estimate of drug-likeness (QED) is 0.785. The molecule has 1 saturated heterocycles. The second-order valence-corrected chi connectivity index (χ2v) is 5.18. The summed E-state index contributed by atoms with van der Waals surface area (Å²) in [4.78, 5) is 2.55. The van der Waals surface area contributed by atoms with Crippen molar-refractivity contribution in [2.75, 3.05) is 37.3 Å². The van der Waals surface area contributed by atoms with Crippen LogP contribution in [-0.4, -0.2) is 37.0 Å². The third-order valence-corrected chi connectivity index (χ3v) is 3.63. The Hall–Kier alpha value is -0.780. The lowest BCUT2D eigenvalue weighted by atomic mass is 10.2. The van der Waals surface area contributed by atoms with Gasteiger partial charge in [0.1, 0.15) is 6.26 Å². The Kier molecular flexibility index (Phi) is 3.68. The van der Waals surface area contributed by atoms with E-state index in [-0.39, 0.29) is 5.82 Å². The average Bonchev–Trinajstić information content (AvgIpc) is 2.30. The summed E-state index contributed by atoms with van der Waals surface area (Å²) >= 11 is -1.12. The molecular formula is C11H15FN2OS. The lowest BCUT2D eigenvalue weighted by molar-refractivity contribution is 0.563. The molecule has 1 N–H and O–H groups in total. The molecule has 1 aromatic rings. The van der Waals surface area contributed by atoms with E-state index in [9.17, 15) is 8.94 Å². The summed E-state index contributed by atoms with van der Waals surface area (Å²) in [7, 11) is 0. The predicted molar refractivity (Wildman–Crippen MR) is 63.8 cm³/mol. The molecule has 2 rings (SSSR count). The highest BCUT2D eigenvalue weighted by molar-refractivity contribution is 7.90. The normalized spacial score (nSPS) is 18.6. The summed E-state index contributed by atoms with van der Waals surface area (Å²) in [6.07, 6.45) is 1.55. The molecule has 1 aliphatic heterocycles. The highest BCUT2D eigenvalue weighted by Gasteiger charge is 2.16. The van der Waals surface area contributed by atoms with Crippen molar-refractivity contribution in [2.24, 2.45) is 0 Å². The number of hydrogen-bond acceptors (Lipinski definition) is 3. The largest absolute Gasteiger partial charge is 0.612 e. The molecule has 0 radical (unpaired) electrons. The molecule has 3 nitrogen and oxygen atoms in total.